The maximum absolute atomic E-state index is 13.2. The van der Waals surface area contributed by atoms with E-state index in [9.17, 15) is 4.79 Å². The van der Waals surface area contributed by atoms with E-state index in [0.717, 1.165) is 25.1 Å². The number of nitriles is 1. The van der Waals surface area contributed by atoms with E-state index in [2.05, 4.69) is 28.5 Å². The van der Waals surface area contributed by atoms with Crippen molar-refractivity contribution in [1.29, 1.82) is 5.26 Å². The van der Waals surface area contributed by atoms with Crippen molar-refractivity contribution in [3.63, 3.8) is 0 Å². The third-order valence-corrected chi connectivity index (χ3v) is 5.78. The van der Waals surface area contributed by atoms with Crippen molar-refractivity contribution in [2.45, 2.75) is 38.3 Å². The molecule has 1 aromatic carbocycles. The number of rotatable bonds is 6. The largest absolute Gasteiger partial charge is 0.310 e. The van der Waals surface area contributed by atoms with E-state index in [0.29, 0.717) is 19.0 Å². The van der Waals surface area contributed by atoms with Crippen LogP contribution in [0.5, 0.6) is 0 Å². The Kier molecular flexibility index (Phi) is 5.85. The lowest BCUT2D eigenvalue weighted by Gasteiger charge is -2.33. The van der Waals surface area contributed by atoms with Crippen LogP contribution in [-0.4, -0.2) is 29.9 Å². The summed E-state index contributed by atoms with van der Waals surface area (Å²) in [7, 11) is 0. The normalized spacial score (nSPS) is 18.6. The predicted molar refractivity (Wildman–Crippen MR) is 101 cm³/mol. The van der Waals surface area contributed by atoms with Gasteiger partial charge in [-0.1, -0.05) is 24.3 Å². The summed E-state index contributed by atoms with van der Waals surface area (Å²) in [6.07, 6.45) is 2.55. The highest BCUT2D eigenvalue weighted by Gasteiger charge is 2.35. The van der Waals surface area contributed by atoms with Crippen LogP contribution in [0.4, 0.5) is 5.69 Å². The van der Waals surface area contributed by atoms with Gasteiger partial charge in [-0.2, -0.15) is 5.26 Å². The zero-order valence-electron chi connectivity index (χ0n) is 14.5. The third kappa shape index (κ3) is 3.92. The molecule has 130 valence electrons. The lowest BCUT2D eigenvalue weighted by molar-refractivity contribution is -0.123. The molecule has 4 nitrogen and oxygen atoms in total. The van der Waals surface area contributed by atoms with Crippen LogP contribution < -0.4 is 4.90 Å². The summed E-state index contributed by atoms with van der Waals surface area (Å²) < 4.78 is 0. The second kappa shape index (κ2) is 8.28. The topological polar surface area (TPSA) is 47.3 Å². The van der Waals surface area contributed by atoms with Gasteiger partial charge in [0.25, 0.3) is 0 Å². The number of para-hydroxylation sites is 1. The van der Waals surface area contributed by atoms with Crippen LogP contribution in [0, 0.1) is 11.3 Å². The molecule has 1 aromatic heterocycles. The lowest BCUT2D eigenvalue weighted by atomic mass is 10.1. The van der Waals surface area contributed by atoms with E-state index in [-0.39, 0.29) is 11.9 Å². The average molecular weight is 353 g/mol. The monoisotopic (exact) mass is 353 g/mol. The van der Waals surface area contributed by atoms with Gasteiger partial charge < -0.3 is 4.90 Å². The van der Waals surface area contributed by atoms with Gasteiger partial charge in [0.2, 0.25) is 5.91 Å². The molecule has 0 radical (unpaired) electrons. The fraction of sp³-hybridized carbons (Fsp3) is 0.400. The van der Waals surface area contributed by atoms with Crippen molar-refractivity contribution in [1.82, 2.24) is 4.90 Å². The van der Waals surface area contributed by atoms with Crippen LogP contribution in [0.15, 0.2) is 47.8 Å². The van der Waals surface area contributed by atoms with E-state index < -0.39 is 0 Å². The molecule has 1 aliphatic heterocycles. The van der Waals surface area contributed by atoms with Crippen LogP contribution in [0.2, 0.25) is 0 Å². The molecule has 1 fully saturated rings. The minimum atomic E-state index is -0.200. The SMILES string of the molecule is CC(C(=O)N(CCC#N)c1ccccc1)N1CCCC1c1cccs1. The highest BCUT2D eigenvalue weighted by atomic mass is 32.1. The molecule has 1 amide bonds. The van der Waals surface area contributed by atoms with Gasteiger partial charge in [0, 0.05) is 23.2 Å². The molecule has 3 rings (SSSR count). The highest BCUT2D eigenvalue weighted by Crippen LogP contribution is 2.36. The summed E-state index contributed by atoms with van der Waals surface area (Å²) in [5.41, 5.74) is 0.862. The molecule has 0 saturated carbocycles. The van der Waals surface area contributed by atoms with Crippen LogP contribution in [0.3, 0.4) is 0 Å². The van der Waals surface area contributed by atoms with Crippen LogP contribution in [0.1, 0.15) is 37.1 Å². The van der Waals surface area contributed by atoms with Gasteiger partial charge in [-0.05, 0) is 49.9 Å². The summed E-state index contributed by atoms with van der Waals surface area (Å²) in [5.74, 6) is 0.0740. The fourth-order valence-electron chi connectivity index (χ4n) is 3.54. The van der Waals surface area contributed by atoms with Gasteiger partial charge in [-0.3, -0.25) is 9.69 Å². The number of anilines is 1. The van der Waals surface area contributed by atoms with Crippen molar-refractivity contribution >= 4 is 22.9 Å². The summed E-state index contributed by atoms with van der Waals surface area (Å²) in [4.78, 5) is 18.6. The van der Waals surface area contributed by atoms with Gasteiger partial charge >= 0.3 is 0 Å². The molecule has 2 heterocycles. The van der Waals surface area contributed by atoms with E-state index in [1.54, 1.807) is 16.2 Å². The van der Waals surface area contributed by atoms with E-state index >= 15 is 0 Å². The quantitative estimate of drug-likeness (QED) is 0.781. The molecule has 1 aliphatic rings. The summed E-state index contributed by atoms with van der Waals surface area (Å²) in [6, 6.07) is 16.2. The molecular weight excluding hydrogens is 330 g/mol. The number of benzene rings is 1. The van der Waals surface area contributed by atoms with Gasteiger partial charge in [0.15, 0.2) is 0 Å². The first-order valence-corrected chi connectivity index (χ1v) is 9.63. The number of hydrogen-bond acceptors (Lipinski definition) is 4. The van der Waals surface area contributed by atoms with Crippen LogP contribution >= 0.6 is 11.3 Å². The molecule has 0 aliphatic carbocycles. The maximum Gasteiger partial charge on any atom is 0.244 e. The van der Waals surface area contributed by atoms with Crippen molar-refractivity contribution in [3.8, 4) is 6.07 Å². The van der Waals surface area contributed by atoms with Gasteiger partial charge in [-0.15, -0.1) is 11.3 Å². The molecule has 0 N–H and O–H groups in total. The van der Waals surface area contributed by atoms with E-state index in [4.69, 9.17) is 5.26 Å². The predicted octanol–water partition coefficient (Wildman–Crippen LogP) is 4.22. The first-order valence-electron chi connectivity index (χ1n) is 8.75. The molecule has 5 heteroatoms. The molecule has 2 unspecified atom stereocenters. The number of carbonyl (C=O) groups is 1. The Morgan fingerprint density at radius 2 is 2.16 bits per heavy atom. The minimum absolute atomic E-state index is 0.0740. The summed E-state index contributed by atoms with van der Waals surface area (Å²) >= 11 is 1.76. The molecule has 2 aromatic rings. The van der Waals surface area contributed by atoms with Crippen LogP contribution in [-0.2, 0) is 4.79 Å². The third-order valence-electron chi connectivity index (χ3n) is 4.80. The van der Waals surface area contributed by atoms with Gasteiger partial charge in [0.05, 0.1) is 18.5 Å². The van der Waals surface area contributed by atoms with Crippen LogP contribution in [0.25, 0.3) is 0 Å². The van der Waals surface area contributed by atoms with Crippen molar-refractivity contribution in [3.05, 3.63) is 52.7 Å². The Bertz CT molecular complexity index is 723. The number of thiophene rings is 1. The highest BCUT2D eigenvalue weighted by molar-refractivity contribution is 7.10. The smallest absolute Gasteiger partial charge is 0.244 e. The number of amides is 1. The average Bonchev–Trinajstić information content (AvgIpc) is 3.33. The van der Waals surface area contributed by atoms with E-state index in [1.165, 1.54) is 4.88 Å². The Morgan fingerprint density at radius 3 is 2.84 bits per heavy atom. The first kappa shape index (κ1) is 17.7. The van der Waals surface area contributed by atoms with Crippen molar-refractivity contribution in [2.75, 3.05) is 18.0 Å². The number of nitrogens with zero attached hydrogens (tertiary/aromatic N) is 3. The molecule has 25 heavy (non-hydrogen) atoms. The zero-order chi connectivity index (χ0) is 17.6. The second-order valence-electron chi connectivity index (χ2n) is 6.32. The number of hydrogen-bond donors (Lipinski definition) is 0. The molecule has 1 saturated heterocycles. The number of carbonyl (C=O) groups excluding carboxylic acids is 1. The zero-order valence-corrected chi connectivity index (χ0v) is 15.3. The molecular formula is C20H23N3OS. The summed E-state index contributed by atoms with van der Waals surface area (Å²) in [5, 5.41) is 11.1. The molecule has 0 spiro atoms. The van der Waals surface area contributed by atoms with Gasteiger partial charge in [-0.25, -0.2) is 0 Å². The lowest BCUT2D eigenvalue weighted by Crippen LogP contribution is -2.47. The standard InChI is InChI=1S/C20H23N3OS/c1-16(22-13-5-10-18(22)19-11-6-15-25-19)20(24)23(14-7-12-21)17-8-3-2-4-9-17/h2-4,6,8-9,11,15-16,18H,5,7,10,13-14H2,1H3. The Labute approximate surface area is 153 Å². The Balaban J connectivity index is 1.80. The van der Waals surface area contributed by atoms with E-state index in [1.807, 2.05) is 37.3 Å². The maximum atomic E-state index is 13.2. The first-order chi connectivity index (χ1) is 12.2. The van der Waals surface area contributed by atoms with Crippen molar-refractivity contribution < 1.29 is 4.79 Å². The second-order valence-corrected chi connectivity index (χ2v) is 7.30. The van der Waals surface area contributed by atoms with Crippen molar-refractivity contribution in [2.24, 2.45) is 0 Å². The Hall–Kier alpha value is -2.16. The molecule has 0 bridgehead atoms. The summed E-state index contributed by atoms with van der Waals surface area (Å²) in [6.45, 7) is 3.37. The molecule has 2 atom stereocenters. The minimum Gasteiger partial charge on any atom is -0.310 e. The Morgan fingerprint density at radius 1 is 1.36 bits per heavy atom. The van der Waals surface area contributed by atoms with Gasteiger partial charge in [0.1, 0.15) is 0 Å². The fourth-order valence-corrected chi connectivity index (χ4v) is 4.42. The number of likely N-dealkylation sites (tertiary alicyclic amines) is 1.